The number of hydrogen-bond donors (Lipinski definition) is 0. The average molecular weight is 364 g/mol. The molecule has 0 N–H and O–H groups in total. The fourth-order valence-electron chi connectivity index (χ4n) is 1.92. The lowest BCUT2D eigenvalue weighted by Gasteiger charge is -1.96. The van der Waals surface area contributed by atoms with Gasteiger partial charge in [-0.25, -0.2) is 0 Å². The minimum absolute atomic E-state index is 0.0810. The molecule has 0 aliphatic heterocycles. The smallest absolute Gasteiger partial charge is 0.258 e. The number of nitrogens with zero attached hydrogens (tertiary/aromatic N) is 4. The Morgan fingerprint density at radius 1 is 0.654 bits per heavy atom. The molecule has 12 nitrogen and oxygen atoms in total. The Labute approximate surface area is 145 Å². The summed E-state index contributed by atoms with van der Waals surface area (Å²) in [6.45, 7) is 2.89. The van der Waals surface area contributed by atoms with Crippen LogP contribution in [0.2, 0.25) is 0 Å². The highest BCUT2D eigenvalue weighted by molar-refractivity contribution is 5.52. The van der Waals surface area contributed by atoms with E-state index in [1.165, 1.54) is 44.2 Å². The molecule has 0 unspecified atom stereocenters. The van der Waals surface area contributed by atoms with Crippen molar-refractivity contribution in [1.82, 2.24) is 0 Å². The van der Waals surface area contributed by atoms with Crippen molar-refractivity contribution < 1.29 is 19.7 Å². The lowest BCUT2D eigenvalue weighted by Crippen LogP contribution is -1.96. The first-order chi connectivity index (χ1) is 12.1. The van der Waals surface area contributed by atoms with Crippen LogP contribution in [0.25, 0.3) is 0 Å². The van der Waals surface area contributed by atoms with E-state index in [0.717, 1.165) is 6.07 Å². The van der Waals surface area contributed by atoms with E-state index >= 15 is 0 Å². The monoisotopic (exact) mass is 364 g/mol. The molecule has 2 rings (SSSR count). The first-order valence-corrected chi connectivity index (χ1v) is 6.84. The standard InChI is InChI=1S/2C7H6N2O4/c1-5-2-3-6(8(10)11)4-7(5)9(12)13;1-5-6(8(10)11)3-2-4-7(5)9(12)13/h2*2-4H,1H3. The van der Waals surface area contributed by atoms with E-state index in [2.05, 4.69) is 0 Å². The molecular formula is C14H12N4O8. The van der Waals surface area contributed by atoms with Crippen LogP contribution in [0.4, 0.5) is 22.7 Å². The zero-order valence-electron chi connectivity index (χ0n) is 13.5. The molecular weight excluding hydrogens is 352 g/mol. The summed E-state index contributed by atoms with van der Waals surface area (Å²) < 4.78 is 0. The molecule has 0 saturated heterocycles. The normalized spacial score (nSPS) is 9.62. The van der Waals surface area contributed by atoms with Crippen molar-refractivity contribution in [3.63, 3.8) is 0 Å². The Bertz CT molecular complexity index is 848. The lowest BCUT2D eigenvalue weighted by atomic mass is 10.1. The van der Waals surface area contributed by atoms with Crippen molar-refractivity contribution in [3.8, 4) is 0 Å². The van der Waals surface area contributed by atoms with Gasteiger partial charge in [0.1, 0.15) is 5.56 Å². The highest BCUT2D eigenvalue weighted by Gasteiger charge is 2.19. The Morgan fingerprint density at radius 3 is 1.50 bits per heavy atom. The fraction of sp³-hybridized carbons (Fsp3) is 0.143. The van der Waals surface area contributed by atoms with Crippen LogP contribution in [0.15, 0.2) is 36.4 Å². The summed E-state index contributed by atoms with van der Waals surface area (Å²) in [5.41, 5.74) is -0.456. The van der Waals surface area contributed by atoms with Gasteiger partial charge in [-0.15, -0.1) is 0 Å². The van der Waals surface area contributed by atoms with Crippen LogP contribution in [0, 0.1) is 54.3 Å². The highest BCUT2D eigenvalue weighted by atomic mass is 16.6. The SMILES string of the molecule is Cc1c([N+](=O)[O-])cccc1[N+](=O)[O-].Cc1ccc([N+](=O)[O-])cc1[N+](=O)[O-]. The molecule has 0 saturated carbocycles. The Morgan fingerprint density at radius 2 is 1.12 bits per heavy atom. The van der Waals surface area contributed by atoms with E-state index < -0.39 is 19.7 Å². The zero-order valence-corrected chi connectivity index (χ0v) is 13.5. The van der Waals surface area contributed by atoms with Crippen LogP contribution in [-0.4, -0.2) is 19.7 Å². The van der Waals surface area contributed by atoms with Gasteiger partial charge in [0.05, 0.1) is 25.8 Å². The molecule has 0 radical (unpaired) electrons. The van der Waals surface area contributed by atoms with Gasteiger partial charge in [-0.2, -0.15) is 0 Å². The van der Waals surface area contributed by atoms with Gasteiger partial charge in [-0.05, 0) is 26.0 Å². The number of benzene rings is 2. The number of nitro groups is 4. The predicted octanol–water partition coefficient (Wildman–Crippen LogP) is 3.62. The Balaban J connectivity index is 0.000000260. The summed E-state index contributed by atoms with van der Waals surface area (Å²) in [5.74, 6) is 0. The summed E-state index contributed by atoms with van der Waals surface area (Å²) in [6.07, 6.45) is 0. The molecule has 0 aliphatic rings. The topological polar surface area (TPSA) is 173 Å². The minimum Gasteiger partial charge on any atom is -0.258 e. The number of aryl methyl sites for hydroxylation is 1. The first kappa shape index (κ1) is 20.1. The third-order valence-corrected chi connectivity index (χ3v) is 3.27. The summed E-state index contributed by atoms with van der Waals surface area (Å²) >= 11 is 0. The molecule has 2 aromatic carbocycles. The highest BCUT2D eigenvalue weighted by Crippen LogP contribution is 2.26. The molecule has 0 aromatic heterocycles. The van der Waals surface area contributed by atoms with Gasteiger partial charge in [0.15, 0.2) is 0 Å². The van der Waals surface area contributed by atoms with Gasteiger partial charge in [0.25, 0.3) is 22.7 Å². The largest absolute Gasteiger partial charge is 0.279 e. The van der Waals surface area contributed by atoms with Crippen LogP contribution < -0.4 is 0 Å². The fourth-order valence-corrected chi connectivity index (χ4v) is 1.92. The molecule has 0 spiro atoms. The summed E-state index contributed by atoms with van der Waals surface area (Å²) in [7, 11) is 0. The first-order valence-electron chi connectivity index (χ1n) is 6.84. The van der Waals surface area contributed by atoms with Gasteiger partial charge in [0.2, 0.25) is 0 Å². The molecule has 0 amide bonds. The maximum Gasteiger partial charge on any atom is 0.279 e. The van der Waals surface area contributed by atoms with E-state index in [1.807, 2.05) is 0 Å². The van der Waals surface area contributed by atoms with Gasteiger partial charge in [-0.3, -0.25) is 40.5 Å². The Hall–Kier alpha value is -3.96. The third kappa shape index (κ3) is 4.77. The molecule has 12 heteroatoms. The van der Waals surface area contributed by atoms with Crippen molar-refractivity contribution in [2.75, 3.05) is 0 Å². The number of rotatable bonds is 4. The van der Waals surface area contributed by atoms with Crippen molar-refractivity contribution in [2.24, 2.45) is 0 Å². The second kappa shape index (κ2) is 8.23. The van der Waals surface area contributed by atoms with Crippen molar-refractivity contribution in [3.05, 3.63) is 88.0 Å². The maximum atomic E-state index is 10.4. The van der Waals surface area contributed by atoms with Crippen LogP contribution in [0.1, 0.15) is 11.1 Å². The van der Waals surface area contributed by atoms with Crippen LogP contribution >= 0.6 is 0 Å². The van der Waals surface area contributed by atoms with E-state index in [9.17, 15) is 40.5 Å². The lowest BCUT2D eigenvalue weighted by molar-refractivity contribution is -0.395. The molecule has 0 aliphatic carbocycles. The second-order valence-corrected chi connectivity index (χ2v) is 4.92. The van der Waals surface area contributed by atoms with Crippen molar-refractivity contribution in [2.45, 2.75) is 13.8 Å². The molecule has 0 atom stereocenters. The van der Waals surface area contributed by atoms with Crippen molar-refractivity contribution in [1.29, 1.82) is 0 Å². The second-order valence-electron chi connectivity index (χ2n) is 4.92. The number of nitro benzene ring substituents is 4. The van der Waals surface area contributed by atoms with E-state index in [4.69, 9.17) is 0 Å². The number of non-ortho nitro benzene ring substituents is 1. The van der Waals surface area contributed by atoms with Crippen LogP contribution in [-0.2, 0) is 0 Å². The molecule has 26 heavy (non-hydrogen) atoms. The Kier molecular flexibility index (Phi) is 6.36. The zero-order chi connectivity index (χ0) is 20.0. The minimum atomic E-state index is -0.660. The molecule has 0 bridgehead atoms. The summed E-state index contributed by atoms with van der Waals surface area (Å²) in [6, 6.07) is 7.32. The summed E-state index contributed by atoms with van der Waals surface area (Å²) in [4.78, 5) is 38.8. The van der Waals surface area contributed by atoms with Gasteiger partial charge < -0.3 is 0 Å². The number of hydrogen-bond acceptors (Lipinski definition) is 8. The predicted molar refractivity (Wildman–Crippen MR) is 89.0 cm³/mol. The van der Waals surface area contributed by atoms with Crippen molar-refractivity contribution >= 4 is 22.7 Å². The van der Waals surface area contributed by atoms with Gasteiger partial charge in [-0.1, -0.05) is 0 Å². The maximum absolute atomic E-state index is 10.4. The summed E-state index contributed by atoms with van der Waals surface area (Å²) in [5, 5.41) is 41.4. The van der Waals surface area contributed by atoms with E-state index in [0.29, 0.717) is 5.56 Å². The van der Waals surface area contributed by atoms with E-state index in [1.54, 1.807) is 0 Å². The quantitative estimate of drug-likeness (QED) is 0.584. The molecule has 2 aromatic rings. The van der Waals surface area contributed by atoms with Gasteiger partial charge in [0, 0.05) is 23.8 Å². The average Bonchev–Trinajstić information content (AvgIpc) is 2.55. The molecule has 0 fully saturated rings. The van der Waals surface area contributed by atoms with Crippen LogP contribution in [0.5, 0.6) is 0 Å². The molecule has 136 valence electrons. The van der Waals surface area contributed by atoms with Crippen LogP contribution in [0.3, 0.4) is 0 Å². The van der Waals surface area contributed by atoms with E-state index in [-0.39, 0.29) is 28.3 Å². The van der Waals surface area contributed by atoms with Gasteiger partial charge >= 0.3 is 0 Å². The molecule has 0 heterocycles. The third-order valence-electron chi connectivity index (χ3n) is 3.27.